The van der Waals surface area contributed by atoms with Crippen LogP contribution >= 0.6 is 23.2 Å². The van der Waals surface area contributed by atoms with Crippen LogP contribution < -0.4 is 15.8 Å². The number of ether oxygens (including phenoxy) is 1. The lowest BCUT2D eigenvalue weighted by atomic mass is 9.90. The summed E-state index contributed by atoms with van der Waals surface area (Å²) in [6.07, 6.45) is 1.52. The van der Waals surface area contributed by atoms with Gasteiger partial charge in [0, 0.05) is 21.7 Å². The zero-order valence-corrected chi connectivity index (χ0v) is 17.4. The molecular formula is C21H25Cl2N3O. The van der Waals surface area contributed by atoms with Crippen molar-refractivity contribution in [1.82, 2.24) is 4.98 Å². The van der Waals surface area contributed by atoms with E-state index in [-0.39, 0.29) is 12.1 Å². The van der Waals surface area contributed by atoms with E-state index in [0.29, 0.717) is 10.9 Å². The van der Waals surface area contributed by atoms with Crippen molar-refractivity contribution in [1.29, 1.82) is 0 Å². The molecule has 0 aliphatic rings. The largest absolute Gasteiger partial charge is 0.495 e. The van der Waals surface area contributed by atoms with Crippen molar-refractivity contribution in [2.24, 2.45) is 5.73 Å². The lowest BCUT2D eigenvalue weighted by Crippen LogP contribution is -2.28. The molecule has 4 nitrogen and oxygen atoms in total. The molecule has 0 saturated heterocycles. The molecular weight excluding hydrogens is 381 g/mol. The number of rotatable bonds is 7. The number of benzene rings is 2. The van der Waals surface area contributed by atoms with Gasteiger partial charge in [-0.05, 0) is 48.6 Å². The summed E-state index contributed by atoms with van der Waals surface area (Å²) < 4.78 is 5.63. The van der Waals surface area contributed by atoms with Crippen LogP contribution in [0.25, 0.3) is 21.8 Å². The van der Waals surface area contributed by atoms with Crippen molar-refractivity contribution in [3.8, 4) is 5.75 Å². The first-order valence-electron chi connectivity index (χ1n) is 9.21. The highest BCUT2D eigenvalue weighted by molar-refractivity contribution is 6.31. The Bertz CT molecular complexity index is 957. The Morgan fingerprint density at radius 3 is 2.56 bits per heavy atom. The predicted octanol–water partition coefficient (Wildman–Crippen LogP) is 5.89. The molecule has 0 amide bonds. The van der Waals surface area contributed by atoms with Crippen LogP contribution in [0.4, 0.5) is 5.69 Å². The molecule has 2 unspecified atom stereocenters. The maximum absolute atomic E-state index is 6.37. The number of halogens is 2. The van der Waals surface area contributed by atoms with E-state index in [0.717, 1.165) is 51.6 Å². The summed E-state index contributed by atoms with van der Waals surface area (Å²) in [4.78, 5) is 4.86. The third-order valence-corrected chi connectivity index (χ3v) is 5.59. The molecule has 2 aromatic carbocycles. The first kappa shape index (κ1) is 20.0. The Morgan fingerprint density at radius 1 is 1.15 bits per heavy atom. The molecule has 0 bridgehead atoms. The molecule has 3 aromatic rings. The number of nitrogens with zero attached hydrogens (tertiary/aromatic N) is 1. The molecule has 0 radical (unpaired) electrons. The maximum Gasteiger partial charge on any atom is 0.142 e. The molecule has 3 N–H and O–H groups in total. The molecule has 27 heavy (non-hydrogen) atoms. The van der Waals surface area contributed by atoms with Crippen LogP contribution in [0, 0.1) is 0 Å². The summed E-state index contributed by atoms with van der Waals surface area (Å²) in [5.74, 6) is 1.43. The molecule has 0 spiro atoms. The number of nitrogens with two attached hydrogens (primary N) is 1. The van der Waals surface area contributed by atoms with E-state index in [4.69, 9.17) is 38.7 Å². The van der Waals surface area contributed by atoms with Crippen LogP contribution in [0.3, 0.4) is 0 Å². The van der Waals surface area contributed by atoms with E-state index in [1.807, 2.05) is 37.3 Å². The van der Waals surface area contributed by atoms with Crippen LogP contribution in [0.2, 0.25) is 5.02 Å². The highest BCUT2D eigenvalue weighted by Gasteiger charge is 2.22. The Balaban J connectivity index is 2.46. The monoisotopic (exact) mass is 405 g/mol. The minimum atomic E-state index is -0.186. The van der Waals surface area contributed by atoms with Gasteiger partial charge >= 0.3 is 0 Å². The predicted molar refractivity (Wildman–Crippen MR) is 116 cm³/mol. The second-order valence-corrected chi connectivity index (χ2v) is 7.39. The summed E-state index contributed by atoms with van der Waals surface area (Å²) in [5, 5.41) is 6.15. The fourth-order valence-electron chi connectivity index (χ4n) is 3.44. The van der Waals surface area contributed by atoms with Gasteiger partial charge in [-0.1, -0.05) is 31.5 Å². The fourth-order valence-corrected chi connectivity index (χ4v) is 3.98. The normalized spacial score (nSPS) is 13.7. The molecule has 1 aromatic heterocycles. The van der Waals surface area contributed by atoms with E-state index in [9.17, 15) is 0 Å². The zero-order chi connectivity index (χ0) is 19.6. The highest BCUT2D eigenvalue weighted by Crippen LogP contribution is 2.42. The number of hydrogen-bond acceptors (Lipinski definition) is 4. The van der Waals surface area contributed by atoms with Gasteiger partial charge in [-0.25, -0.2) is 4.98 Å². The molecule has 2 atom stereocenters. The van der Waals surface area contributed by atoms with E-state index < -0.39 is 0 Å². The van der Waals surface area contributed by atoms with Gasteiger partial charge in [0.2, 0.25) is 0 Å². The second kappa shape index (κ2) is 8.51. The van der Waals surface area contributed by atoms with Crippen LogP contribution in [-0.4, -0.2) is 24.1 Å². The molecule has 6 heteroatoms. The summed E-state index contributed by atoms with van der Waals surface area (Å²) >= 11 is 12.6. The molecule has 0 aliphatic carbocycles. The third kappa shape index (κ3) is 3.79. The van der Waals surface area contributed by atoms with Crippen molar-refractivity contribution < 1.29 is 4.74 Å². The van der Waals surface area contributed by atoms with Crippen molar-refractivity contribution in [3.63, 3.8) is 0 Å². The SMILES string of the molecule is CCC(N)Nc1c(OC)ccc2nc3cc(Cl)ccc3c(C(CC)CCl)c12. The van der Waals surface area contributed by atoms with Crippen molar-refractivity contribution in [2.75, 3.05) is 18.3 Å². The van der Waals surface area contributed by atoms with Crippen molar-refractivity contribution in [2.45, 2.75) is 38.8 Å². The van der Waals surface area contributed by atoms with Gasteiger partial charge in [0.25, 0.3) is 0 Å². The molecule has 0 saturated carbocycles. The number of aromatic nitrogens is 1. The van der Waals surface area contributed by atoms with Gasteiger partial charge in [0.05, 0.1) is 30.0 Å². The third-order valence-electron chi connectivity index (χ3n) is 4.98. The van der Waals surface area contributed by atoms with Gasteiger partial charge in [0.15, 0.2) is 0 Å². The average Bonchev–Trinajstić information content (AvgIpc) is 2.68. The van der Waals surface area contributed by atoms with Crippen molar-refractivity contribution in [3.05, 3.63) is 40.9 Å². The van der Waals surface area contributed by atoms with Gasteiger partial charge in [-0.15, -0.1) is 11.6 Å². The Kier molecular flexibility index (Phi) is 6.30. The van der Waals surface area contributed by atoms with Crippen molar-refractivity contribution >= 4 is 50.7 Å². The summed E-state index contributed by atoms with van der Waals surface area (Å²) in [6.45, 7) is 4.19. The lowest BCUT2D eigenvalue weighted by molar-refractivity contribution is 0.416. The zero-order valence-electron chi connectivity index (χ0n) is 15.9. The Morgan fingerprint density at radius 2 is 1.93 bits per heavy atom. The van der Waals surface area contributed by atoms with Crippen LogP contribution in [0.5, 0.6) is 5.75 Å². The fraction of sp³-hybridized carbons (Fsp3) is 0.381. The van der Waals surface area contributed by atoms with E-state index in [1.54, 1.807) is 7.11 Å². The molecule has 0 fully saturated rings. The summed E-state index contributed by atoms with van der Waals surface area (Å²) in [6, 6.07) is 9.71. The smallest absolute Gasteiger partial charge is 0.142 e. The second-order valence-electron chi connectivity index (χ2n) is 6.64. The van der Waals surface area contributed by atoms with E-state index in [1.165, 1.54) is 0 Å². The number of anilines is 1. The van der Waals surface area contributed by atoms with Crippen LogP contribution in [0.1, 0.15) is 38.2 Å². The number of alkyl halides is 1. The van der Waals surface area contributed by atoms with Crippen LogP contribution in [-0.2, 0) is 0 Å². The standard InChI is InChI=1S/C21H25Cl2N3O/c1-4-12(11-22)19-14-7-6-13(23)10-16(14)25-15-8-9-17(27-3)21(20(15)19)26-18(24)5-2/h6-10,12,18,26H,4-5,11,24H2,1-3H3. The molecule has 3 rings (SSSR count). The minimum absolute atomic E-state index is 0.173. The van der Waals surface area contributed by atoms with Gasteiger partial charge in [0.1, 0.15) is 5.75 Å². The summed E-state index contributed by atoms with van der Waals surface area (Å²) in [7, 11) is 1.66. The topological polar surface area (TPSA) is 60.2 Å². The molecule has 144 valence electrons. The minimum Gasteiger partial charge on any atom is -0.495 e. The lowest BCUT2D eigenvalue weighted by Gasteiger charge is -2.23. The van der Waals surface area contributed by atoms with E-state index >= 15 is 0 Å². The quantitative estimate of drug-likeness (QED) is 0.292. The van der Waals surface area contributed by atoms with Gasteiger partial charge in [-0.2, -0.15) is 0 Å². The van der Waals surface area contributed by atoms with E-state index in [2.05, 4.69) is 12.2 Å². The number of fused-ring (bicyclic) bond motifs is 2. The first-order valence-corrected chi connectivity index (χ1v) is 10.1. The molecule has 0 aliphatic heterocycles. The summed E-state index contributed by atoms with van der Waals surface area (Å²) in [5.41, 5.74) is 9.98. The number of nitrogens with one attached hydrogen (secondary N) is 1. The maximum atomic E-state index is 6.37. The molecule has 1 heterocycles. The Hall–Kier alpha value is -1.75. The van der Waals surface area contributed by atoms with Crippen LogP contribution in [0.15, 0.2) is 30.3 Å². The number of methoxy groups -OCH3 is 1. The van der Waals surface area contributed by atoms with Gasteiger partial charge in [-0.3, -0.25) is 0 Å². The average molecular weight is 406 g/mol. The van der Waals surface area contributed by atoms with Gasteiger partial charge < -0.3 is 15.8 Å². The highest BCUT2D eigenvalue weighted by atomic mass is 35.5. The Labute approximate surface area is 170 Å². The number of hydrogen-bond donors (Lipinski definition) is 2. The number of pyridine rings is 1. The first-order chi connectivity index (χ1) is 13.0.